The minimum atomic E-state index is -0.260. The molecule has 0 aromatic rings. The smallest absolute Gasteiger partial charge is 0.303 e. The summed E-state index contributed by atoms with van der Waals surface area (Å²) in [7, 11) is 0. The summed E-state index contributed by atoms with van der Waals surface area (Å²) in [6, 6.07) is 0. The highest BCUT2D eigenvalue weighted by Crippen LogP contribution is 2.54. The van der Waals surface area contributed by atoms with Gasteiger partial charge in [0, 0.05) is 19.8 Å². The fraction of sp³-hybridized carbons (Fsp3) is 0.727. The fourth-order valence-electron chi connectivity index (χ4n) is 5.05. The Morgan fingerprint density at radius 1 is 1.27 bits per heavy atom. The molecule has 4 heteroatoms. The van der Waals surface area contributed by atoms with Gasteiger partial charge in [0.05, 0.1) is 5.60 Å². The second-order valence-corrected chi connectivity index (χ2v) is 9.22. The van der Waals surface area contributed by atoms with Crippen LogP contribution >= 0.6 is 0 Å². The molecular weight excluding hydrogens is 328 g/mol. The molecule has 2 aliphatic carbocycles. The summed E-state index contributed by atoms with van der Waals surface area (Å²) in [5, 5.41) is 0. The van der Waals surface area contributed by atoms with Gasteiger partial charge in [-0.2, -0.15) is 0 Å². The van der Waals surface area contributed by atoms with Crippen LogP contribution in [-0.4, -0.2) is 29.6 Å². The van der Waals surface area contributed by atoms with Crippen LogP contribution in [0.25, 0.3) is 0 Å². The van der Waals surface area contributed by atoms with Crippen LogP contribution in [0.1, 0.15) is 73.6 Å². The predicted molar refractivity (Wildman–Crippen MR) is 101 cm³/mol. The molecule has 3 rings (SSSR count). The summed E-state index contributed by atoms with van der Waals surface area (Å²) in [6.07, 6.45) is 6.01. The van der Waals surface area contributed by atoms with Gasteiger partial charge in [-0.25, -0.2) is 0 Å². The Hall–Kier alpha value is -1.42. The number of carbonyl (C=O) groups excluding carboxylic acids is 2. The molecule has 0 amide bonds. The van der Waals surface area contributed by atoms with Gasteiger partial charge in [0.25, 0.3) is 0 Å². The lowest BCUT2D eigenvalue weighted by molar-refractivity contribution is -0.147. The average molecular weight is 360 g/mol. The minimum absolute atomic E-state index is 0.0348. The van der Waals surface area contributed by atoms with Crippen molar-refractivity contribution in [2.75, 3.05) is 0 Å². The second kappa shape index (κ2) is 6.63. The van der Waals surface area contributed by atoms with Crippen molar-refractivity contribution in [2.24, 2.45) is 11.3 Å². The van der Waals surface area contributed by atoms with Crippen molar-refractivity contribution >= 4 is 11.8 Å². The van der Waals surface area contributed by atoms with E-state index in [2.05, 4.69) is 40.7 Å². The summed E-state index contributed by atoms with van der Waals surface area (Å²) in [5.41, 5.74) is 3.09. The Kier molecular flexibility index (Phi) is 4.93. The minimum Gasteiger partial charge on any atom is -0.459 e. The van der Waals surface area contributed by atoms with Gasteiger partial charge in [-0.1, -0.05) is 24.1 Å². The maximum absolute atomic E-state index is 12.7. The van der Waals surface area contributed by atoms with Crippen LogP contribution in [-0.2, 0) is 19.1 Å². The molecule has 0 aromatic carbocycles. The number of Topliss-reactive ketones (excluding diaryl/α,β-unsaturated/α-hetero) is 1. The molecule has 1 saturated carbocycles. The first-order chi connectivity index (χ1) is 12.1. The number of epoxide rings is 1. The molecule has 5 atom stereocenters. The number of ketones is 1. The highest BCUT2D eigenvalue weighted by Gasteiger charge is 2.58. The van der Waals surface area contributed by atoms with Crippen molar-refractivity contribution in [3.63, 3.8) is 0 Å². The van der Waals surface area contributed by atoms with E-state index < -0.39 is 0 Å². The average Bonchev–Trinajstić information content (AvgIpc) is 3.11. The number of rotatable bonds is 1. The molecule has 0 radical (unpaired) electrons. The molecule has 1 aliphatic heterocycles. The highest BCUT2D eigenvalue weighted by molar-refractivity contribution is 5.99. The van der Waals surface area contributed by atoms with E-state index in [1.54, 1.807) is 0 Å². The molecule has 144 valence electrons. The number of hydrogen-bond donors (Lipinski definition) is 0. The lowest BCUT2D eigenvalue weighted by Gasteiger charge is -2.31. The second-order valence-electron chi connectivity index (χ2n) is 9.22. The third kappa shape index (κ3) is 3.53. The van der Waals surface area contributed by atoms with Crippen molar-refractivity contribution in [3.8, 4) is 0 Å². The fourth-order valence-corrected chi connectivity index (χ4v) is 5.05. The Labute approximate surface area is 157 Å². The van der Waals surface area contributed by atoms with Crippen molar-refractivity contribution < 1.29 is 19.1 Å². The molecule has 1 saturated heterocycles. The lowest BCUT2D eigenvalue weighted by atomic mass is 9.72. The third-order valence-corrected chi connectivity index (χ3v) is 6.56. The van der Waals surface area contributed by atoms with Crippen LogP contribution in [0.15, 0.2) is 22.8 Å². The molecule has 2 fully saturated rings. The molecule has 0 aromatic heterocycles. The number of ether oxygens (including phenoxy) is 2. The number of carbonyl (C=O) groups is 2. The summed E-state index contributed by atoms with van der Waals surface area (Å²) >= 11 is 0. The van der Waals surface area contributed by atoms with Crippen molar-refractivity contribution in [3.05, 3.63) is 22.8 Å². The molecular formula is C22H32O4. The zero-order chi connectivity index (χ0) is 19.3. The molecule has 4 nitrogen and oxygen atoms in total. The molecule has 0 N–H and O–H groups in total. The van der Waals surface area contributed by atoms with Crippen molar-refractivity contribution in [2.45, 2.75) is 91.5 Å². The van der Waals surface area contributed by atoms with Gasteiger partial charge in [0.1, 0.15) is 12.2 Å². The van der Waals surface area contributed by atoms with E-state index in [-0.39, 0.29) is 35.1 Å². The van der Waals surface area contributed by atoms with E-state index >= 15 is 0 Å². The Morgan fingerprint density at radius 2 is 1.96 bits per heavy atom. The van der Waals surface area contributed by atoms with Crippen LogP contribution < -0.4 is 0 Å². The van der Waals surface area contributed by atoms with Gasteiger partial charge in [-0.15, -0.1) is 0 Å². The van der Waals surface area contributed by atoms with E-state index in [0.29, 0.717) is 18.6 Å². The summed E-state index contributed by atoms with van der Waals surface area (Å²) in [6.45, 7) is 12.0. The molecule has 3 aliphatic rings. The van der Waals surface area contributed by atoms with Gasteiger partial charge < -0.3 is 9.47 Å². The van der Waals surface area contributed by atoms with Crippen LogP contribution in [0.5, 0.6) is 0 Å². The van der Waals surface area contributed by atoms with Gasteiger partial charge in [0.15, 0.2) is 5.78 Å². The first kappa shape index (κ1) is 19.3. The summed E-state index contributed by atoms with van der Waals surface area (Å²) < 4.78 is 11.6. The van der Waals surface area contributed by atoms with Gasteiger partial charge in [0.2, 0.25) is 0 Å². The predicted octanol–water partition coefficient (Wildman–Crippen LogP) is 4.53. The number of fused-ring (bicyclic) bond motifs is 2. The highest BCUT2D eigenvalue weighted by atomic mass is 16.6. The first-order valence-electron chi connectivity index (χ1n) is 9.77. The SMILES string of the molecule is CC(=O)O[C@H]1C/C(C)=C/C[C@@]2(C)CC(=O)C(=C(C)C)[C@@H]2CC[C@]2(C)O[C@@H]12. The standard InChI is InChI=1S/C22H32O4/c1-13(2)19-16-8-10-22(6)20(26-22)18(25-15(4)23)11-14(3)7-9-21(16,5)12-17(19)24/h7,16,18,20H,8-12H2,1-6H3/b14-7+/t16-,18-,20-,21-,22-/m0/s1. The Balaban J connectivity index is 1.93. The Morgan fingerprint density at radius 3 is 2.58 bits per heavy atom. The van der Waals surface area contributed by atoms with Crippen molar-refractivity contribution in [1.82, 2.24) is 0 Å². The van der Waals surface area contributed by atoms with Crippen molar-refractivity contribution in [1.29, 1.82) is 0 Å². The molecule has 0 spiro atoms. The molecule has 26 heavy (non-hydrogen) atoms. The van der Waals surface area contributed by atoms with E-state index in [0.717, 1.165) is 30.4 Å². The van der Waals surface area contributed by atoms with Gasteiger partial charge in [-0.05, 0) is 63.9 Å². The van der Waals surface area contributed by atoms with Crippen LogP contribution in [0.4, 0.5) is 0 Å². The normalized spacial score (nSPS) is 42.1. The Bertz CT molecular complexity index is 684. The van der Waals surface area contributed by atoms with E-state index in [1.807, 2.05) is 0 Å². The summed E-state index contributed by atoms with van der Waals surface area (Å²) in [4.78, 5) is 24.2. The molecule has 0 unspecified atom stereocenters. The quantitative estimate of drug-likeness (QED) is 0.298. The van der Waals surface area contributed by atoms with E-state index in [4.69, 9.17) is 9.47 Å². The zero-order valence-corrected chi connectivity index (χ0v) is 17.0. The monoisotopic (exact) mass is 360 g/mol. The maximum Gasteiger partial charge on any atom is 0.303 e. The summed E-state index contributed by atoms with van der Waals surface area (Å²) in [5.74, 6) is 0.338. The number of allylic oxidation sites excluding steroid dienone is 3. The lowest BCUT2D eigenvalue weighted by Crippen LogP contribution is -2.28. The van der Waals surface area contributed by atoms with Crippen LogP contribution in [0, 0.1) is 11.3 Å². The first-order valence-corrected chi connectivity index (χ1v) is 9.77. The number of hydrogen-bond acceptors (Lipinski definition) is 4. The molecule has 1 heterocycles. The van der Waals surface area contributed by atoms with E-state index in [1.165, 1.54) is 12.5 Å². The topological polar surface area (TPSA) is 55.9 Å². The number of esters is 1. The maximum atomic E-state index is 12.7. The zero-order valence-electron chi connectivity index (χ0n) is 17.0. The van der Waals surface area contributed by atoms with Gasteiger partial charge in [-0.3, -0.25) is 9.59 Å². The van der Waals surface area contributed by atoms with Gasteiger partial charge >= 0.3 is 5.97 Å². The largest absolute Gasteiger partial charge is 0.459 e. The third-order valence-electron chi connectivity index (χ3n) is 6.56. The molecule has 0 bridgehead atoms. The van der Waals surface area contributed by atoms with Crippen LogP contribution in [0.2, 0.25) is 0 Å². The van der Waals surface area contributed by atoms with Crippen LogP contribution in [0.3, 0.4) is 0 Å². The van der Waals surface area contributed by atoms with E-state index in [9.17, 15) is 9.59 Å².